The molecule has 0 radical (unpaired) electrons. The third kappa shape index (κ3) is 7.19. The number of nitrogens with one attached hydrogen (secondary N) is 2. The predicted octanol–water partition coefficient (Wildman–Crippen LogP) is 5.20. The summed E-state index contributed by atoms with van der Waals surface area (Å²) in [5.41, 5.74) is 6.90. The van der Waals surface area contributed by atoms with Crippen LogP contribution in [0.15, 0.2) is 89.5 Å². The van der Waals surface area contributed by atoms with Gasteiger partial charge in [-0.15, -0.1) is 0 Å². The van der Waals surface area contributed by atoms with Gasteiger partial charge in [0.15, 0.2) is 5.76 Å². The highest BCUT2D eigenvalue weighted by atomic mass is 16.3. The summed E-state index contributed by atoms with van der Waals surface area (Å²) in [6.45, 7) is 6.81. The van der Waals surface area contributed by atoms with Crippen LogP contribution >= 0.6 is 0 Å². The van der Waals surface area contributed by atoms with Gasteiger partial charge in [0, 0.05) is 50.5 Å². The number of aryl methyl sites for hydroxylation is 1. The Labute approximate surface area is 247 Å². The van der Waals surface area contributed by atoms with E-state index in [9.17, 15) is 9.59 Å². The minimum absolute atomic E-state index is 0.177. The van der Waals surface area contributed by atoms with Crippen molar-refractivity contribution in [3.63, 3.8) is 0 Å². The van der Waals surface area contributed by atoms with Gasteiger partial charge < -0.3 is 29.8 Å². The lowest BCUT2D eigenvalue weighted by Gasteiger charge is -2.38. The first kappa shape index (κ1) is 29.0. The predicted molar refractivity (Wildman–Crippen MR) is 169 cm³/mol. The molecule has 218 valence electrons. The number of benzene rings is 3. The molecule has 0 bridgehead atoms. The van der Waals surface area contributed by atoms with Crippen molar-refractivity contribution in [2.75, 3.05) is 61.9 Å². The van der Waals surface area contributed by atoms with E-state index in [0.717, 1.165) is 44.8 Å². The molecule has 5 rings (SSSR count). The molecule has 0 spiro atoms. The summed E-state index contributed by atoms with van der Waals surface area (Å²) in [5.74, 6) is -0.310. The fourth-order valence-corrected chi connectivity index (χ4v) is 5.42. The summed E-state index contributed by atoms with van der Waals surface area (Å²) in [6.07, 6.45) is 2.21. The minimum atomic E-state index is -0.352. The first-order valence-corrected chi connectivity index (χ1v) is 14.4. The van der Waals surface area contributed by atoms with Crippen molar-refractivity contribution in [3.05, 3.63) is 113 Å². The van der Waals surface area contributed by atoms with E-state index < -0.39 is 0 Å². The van der Waals surface area contributed by atoms with Gasteiger partial charge in [-0.2, -0.15) is 0 Å². The molecule has 1 fully saturated rings. The average Bonchev–Trinajstić information content (AvgIpc) is 3.53. The van der Waals surface area contributed by atoms with Crippen molar-refractivity contribution in [1.29, 1.82) is 0 Å². The van der Waals surface area contributed by atoms with Crippen molar-refractivity contribution in [1.82, 2.24) is 10.2 Å². The second-order valence-electron chi connectivity index (χ2n) is 11.0. The second kappa shape index (κ2) is 13.4. The van der Waals surface area contributed by atoms with Crippen LogP contribution in [0.25, 0.3) is 0 Å². The van der Waals surface area contributed by atoms with Crippen molar-refractivity contribution < 1.29 is 14.0 Å². The van der Waals surface area contributed by atoms with Gasteiger partial charge in [0.1, 0.15) is 0 Å². The van der Waals surface area contributed by atoms with Crippen LogP contribution in [0.3, 0.4) is 0 Å². The number of furan rings is 1. The molecular weight excluding hydrogens is 526 g/mol. The summed E-state index contributed by atoms with van der Waals surface area (Å²) in [7, 11) is 4.10. The molecule has 0 unspecified atom stereocenters. The maximum Gasteiger partial charge on any atom is 0.291 e. The summed E-state index contributed by atoms with van der Waals surface area (Å²) in [5, 5.41) is 6.03. The van der Waals surface area contributed by atoms with Crippen LogP contribution in [-0.4, -0.2) is 63.5 Å². The van der Waals surface area contributed by atoms with Crippen LogP contribution in [-0.2, 0) is 13.0 Å². The van der Waals surface area contributed by atoms with Crippen molar-refractivity contribution in [3.8, 4) is 0 Å². The van der Waals surface area contributed by atoms with Crippen LogP contribution in [0.5, 0.6) is 0 Å². The lowest BCUT2D eigenvalue weighted by Crippen LogP contribution is -2.47. The lowest BCUT2D eigenvalue weighted by atomic mass is 10.1. The number of rotatable bonds is 10. The summed E-state index contributed by atoms with van der Waals surface area (Å²) in [4.78, 5) is 32.9. The Morgan fingerprint density at radius 2 is 1.55 bits per heavy atom. The molecule has 0 aliphatic carbocycles. The molecular formula is C34H39N5O3. The molecule has 2 N–H and O–H groups in total. The summed E-state index contributed by atoms with van der Waals surface area (Å²) >= 11 is 0. The van der Waals surface area contributed by atoms with Gasteiger partial charge in [-0.3, -0.25) is 9.59 Å². The molecule has 0 atom stereocenters. The fraction of sp³-hybridized carbons (Fsp3) is 0.294. The van der Waals surface area contributed by atoms with Crippen molar-refractivity contribution >= 4 is 28.9 Å². The zero-order chi connectivity index (χ0) is 29.5. The van der Waals surface area contributed by atoms with E-state index in [1.807, 2.05) is 12.1 Å². The Kier molecular flexibility index (Phi) is 9.24. The maximum atomic E-state index is 13.2. The molecule has 1 saturated heterocycles. The number of nitrogens with zero attached hydrogens (tertiary/aromatic N) is 3. The fourth-order valence-electron chi connectivity index (χ4n) is 5.42. The molecule has 1 aliphatic rings. The van der Waals surface area contributed by atoms with Crippen LogP contribution in [0.4, 0.5) is 17.1 Å². The van der Waals surface area contributed by atoms with Gasteiger partial charge in [-0.25, -0.2) is 0 Å². The van der Waals surface area contributed by atoms with Gasteiger partial charge in [0.25, 0.3) is 11.8 Å². The third-order valence-electron chi connectivity index (χ3n) is 7.52. The largest absolute Gasteiger partial charge is 0.459 e. The first-order valence-electron chi connectivity index (χ1n) is 14.4. The molecule has 4 aromatic rings. The normalized spacial score (nSPS) is 13.3. The highest BCUT2D eigenvalue weighted by molar-refractivity contribution is 6.05. The van der Waals surface area contributed by atoms with Crippen LogP contribution in [0, 0.1) is 6.92 Å². The molecule has 8 heteroatoms. The molecule has 2 amide bonds. The van der Waals surface area contributed by atoms with Crippen molar-refractivity contribution in [2.24, 2.45) is 0 Å². The summed E-state index contributed by atoms with van der Waals surface area (Å²) < 4.78 is 5.32. The first-order chi connectivity index (χ1) is 20.4. The highest BCUT2D eigenvalue weighted by Gasteiger charge is 2.23. The molecule has 3 aromatic carbocycles. The van der Waals surface area contributed by atoms with Gasteiger partial charge in [-0.05, 0) is 80.5 Å². The van der Waals surface area contributed by atoms with Crippen LogP contribution in [0.1, 0.15) is 37.6 Å². The number of hydrogen-bond donors (Lipinski definition) is 2. The lowest BCUT2D eigenvalue weighted by molar-refractivity contribution is 0.0952. The van der Waals surface area contributed by atoms with Crippen LogP contribution < -0.4 is 20.4 Å². The smallest absolute Gasteiger partial charge is 0.291 e. The highest BCUT2D eigenvalue weighted by Crippen LogP contribution is 2.30. The number of anilines is 3. The number of hydrogen-bond acceptors (Lipinski definition) is 6. The van der Waals surface area contributed by atoms with E-state index in [1.165, 1.54) is 28.6 Å². The van der Waals surface area contributed by atoms with Gasteiger partial charge in [0.05, 0.1) is 17.6 Å². The average molecular weight is 566 g/mol. The third-order valence-corrected chi connectivity index (χ3v) is 7.52. The summed E-state index contributed by atoms with van der Waals surface area (Å²) in [6, 6.07) is 25.7. The zero-order valence-electron chi connectivity index (χ0n) is 24.6. The molecule has 2 heterocycles. The Bertz CT molecular complexity index is 1510. The quantitative estimate of drug-likeness (QED) is 0.275. The van der Waals surface area contributed by atoms with E-state index in [-0.39, 0.29) is 17.6 Å². The number of carbonyl (C=O) groups excluding carboxylic acids is 2. The molecule has 42 heavy (non-hydrogen) atoms. The maximum absolute atomic E-state index is 13.2. The standard InChI is InChI=1S/C34H39N5O3/c1-25-8-4-5-11-30(25)38-17-19-39(20-18-38)31-14-13-28(23-29(31)36-34(41)32-12-7-21-42-32)33(40)35-16-15-26-9-6-10-27(22-26)24-37(2)3/h4-14,21-23H,15-20,24H2,1-3H3,(H,35,40)(H,36,41). The molecule has 8 nitrogen and oxygen atoms in total. The number of carbonyl (C=O) groups is 2. The Balaban J connectivity index is 1.28. The van der Waals surface area contributed by atoms with E-state index in [4.69, 9.17) is 4.42 Å². The number of piperazine rings is 1. The SMILES string of the molecule is Cc1ccccc1N1CCN(c2ccc(C(=O)NCCc3cccc(CN(C)C)c3)cc2NC(=O)c2ccco2)CC1. The van der Waals surface area contributed by atoms with E-state index >= 15 is 0 Å². The Morgan fingerprint density at radius 3 is 2.26 bits per heavy atom. The molecule has 1 aromatic heterocycles. The van der Waals surface area contributed by atoms with Gasteiger partial charge in [-0.1, -0.05) is 42.5 Å². The second-order valence-corrected chi connectivity index (χ2v) is 11.0. The van der Waals surface area contributed by atoms with E-state index in [2.05, 4.69) is 94.9 Å². The molecule has 0 saturated carbocycles. The molecule has 1 aliphatic heterocycles. The van der Waals surface area contributed by atoms with Crippen LogP contribution in [0.2, 0.25) is 0 Å². The van der Waals surface area contributed by atoms with E-state index in [0.29, 0.717) is 17.8 Å². The Morgan fingerprint density at radius 1 is 0.810 bits per heavy atom. The Hall–Kier alpha value is -4.56. The van der Waals surface area contributed by atoms with E-state index in [1.54, 1.807) is 18.2 Å². The van der Waals surface area contributed by atoms with Gasteiger partial charge >= 0.3 is 0 Å². The van der Waals surface area contributed by atoms with Gasteiger partial charge in [0.2, 0.25) is 0 Å². The monoisotopic (exact) mass is 565 g/mol. The number of para-hydroxylation sites is 1. The van der Waals surface area contributed by atoms with Crippen molar-refractivity contribution in [2.45, 2.75) is 19.9 Å². The zero-order valence-corrected chi connectivity index (χ0v) is 24.6. The minimum Gasteiger partial charge on any atom is -0.459 e. The number of amides is 2. The topological polar surface area (TPSA) is 81.1 Å².